The molecule has 1 aliphatic heterocycles. The summed E-state index contributed by atoms with van der Waals surface area (Å²) < 4.78 is 1.02. The molecule has 2 atom stereocenters. The molecule has 1 saturated heterocycles. The van der Waals surface area contributed by atoms with Crippen molar-refractivity contribution in [3.63, 3.8) is 0 Å². The zero-order chi connectivity index (χ0) is 14.0. The molecule has 0 bridgehead atoms. The zero-order valence-electron chi connectivity index (χ0n) is 11.3. The van der Waals surface area contributed by atoms with Gasteiger partial charge in [-0.2, -0.15) is 0 Å². The van der Waals surface area contributed by atoms with Crippen molar-refractivity contribution in [3.8, 4) is 0 Å². The van der Waals surface area contributed by atoms with Gasteiger partial charge in [0.15, 0.2) is 0 Å². The van der Waals surface area contributed by atoms with Gasteiger partial charge in [0.2, 0.25) is 5.91 Å². The number of nitrogens with two attached hydrogens (primary N) is 1. The molecule has 5 heteroatoms. The van der Waals surface area contributed by atoms with Crippen molar-refractivity contribution in [2.45, 2.75) is 25.4 Å². The number of hydrogen-bond donors (Lipinski definition) is 1. The normalized spacial score (nSPS) is 24.8. The first kappa shape index (κ1) is 14.5. The lowest BCUT2D eigenvalue weighted by atomic mass is 10.0. The van der Waals surface area contributed by atoms with Crippen molar-refractivity contribution in [1.82, 2.24) is 4.90 Å². The molecule has 0 spiro atoms. The van der Waals surface area contributed by atoms with Crippen molar-refractivity contribution in [1.29, 1.82) is 0 Å². The second kappa shape index (κ2) is 6.03. The van der Waals surface area contributed by atoms with Crippen LogP contribution in [0, 0.1) is 0 Å². The van der Waals surface area contributed by atoms with Crippen LogP contribution in [0.1, 0.15) is 13.3 Å². The molecule has 2 rings (SSSR count). The highest BCUT2D eigenvalue weighted by Gasteiger charge is 2.36. The summed E-state index contributed by atoms with van der Waals surface area (Å²) >= 11 is 3.41. The smallest absolute Gasteiger partial charge is 0.244 e. The highest BCUT2D eigenvalue weighted by Crippen LogP contribution is 2.25. The van der Waals surface area contributed by atoms with Gasteiger partial charge in [-0.15, -0.1) is 0 Å². The fourth-order valence-corrected chi connectivity index (χ4v) is 2.75. The summed E-state index contributed by atoms with van der Waals surface area (Å²) in [6, 6.07) is 8.09. The van der Waals surface area contributed by atoms with E-state index < -0.39 is 0 Å². The number of hydrogen-bond acceptors (Lipinski definition) is 3. The van der Waals surface area contributed by atoms with Crippen LogP contribution in [0.3, 0.4) is 0 Å². The van der Waals surface area contributed by atoms with Gasteiger partial charge in [0.1, 0.15) is 0 Å². The molecular weight excluding hydrogens is 306 g/mol. The monoisotopic (exact) mass is 325 g/mol. The number of amides is 1. The zero-order valence-corrected chi connectivity index (χ0v) is 12.9. The van der Waals surface area contributed by atoms with E-state index >= 15 is 0 Å². The predicted octanol–water partition coefficient (Wildman–Crippen LogP) is 1.83. The standard InChI is InChI=1S/C14H20BrN3O/c1-10-9-18(12-5-3-11(15)4-6-12)14(19)13(7-8-16)17(10)2/h3-6,10,13H,7-9,16H2,1-2H3. The third-order valence-electron chi connectivity index (χ3n) is 3.76. The molecular formula is C14H20BrN3O. The Morgan fingerprint density at radius 2 is 2.00 bits per heavy atom. The van der Waals surface area contributed by atoms with Gasteiger partial charge in [0, 0.05) is 22.7 Å². The van der Waals surface area contributed by atoms with Gasteiger partial charge < -0.3 is 10.6 Å². The number of rotatable bonds is 3. The molecule has 1 aromatic rings. The van der Waals surface area contributed by atoms with Crippen molar-refractivity contribution in [2.24, 2.45) is 5.73 Å². The van der Waals surface area contributed by atoms with Crippen LogP contribution >= 0.6 is 15.9 Å². The summed E-state index contributed by atoms with van der Waals surface area (Å²) in [5.41, 5.74) is 6.58. The van der Waals surface area contributed by atoms with Crippen LogP contribution in [0.2, 0.25) is 0 Å². The molecule has 0 aromatic heterocycles. The number of nitrogens with zero attached hydrogens (tertiary/aromatic N) is 2. The van der Waals surface area contributed by atoms with Gasteiger partial charge in [-0.05, 0) is 51.2 Å². The fraction of sp³-hybridized carbons (Fsp3) is 0.500. The Morgan fingerprint density at radius 3 is 2.58 bits per heavy atom. The number of carbonyl (C=O) groups excluding carboxylic acids is 1. The van der Waals surface area contributed by atoms with Crippen LogP contribution < -0.4 is 10.6 Å². The summed E-state index contributed by atoms with van der Waals surface area (Å²) in [7, 11) is 2.00. The Kier molecular flexibility index (Phi) is 4.60. The number of piperazine rings is 1. The summed E-state index contributed by atoms with van der Waals surface area (Å²) in [6.45, 7) is 3.39. The quantitative estimate of drug-likeness (QED) is 0.922. The van der Waals surface area contributed by atoms with Gasteiger partial charge in [-0.1, -0.05) is 15.9 Å². The first-order valence-electron chi connectivity index (χ1n) is 6.53. The third kappa shape index (κ3) is 2.99. The number of halogens is 1. The first-order chi connectivity index (χ1) is 9.04. The average molecular weight is 326 g/mol. The minimum atomic E-state index is -0.114. The number of anilines is 1. The van der Waals surface area contributed by atoms with E-state index in [1.54, 1.807) is 0 Å². The Labute approximate surface area is 122 Å². The highest BCUT2D eigenvalue weighted by molar-refractivity contribution is 9.10. The number of benzene rings is 1. The minimum absolute atomic E-state index is 0.114. The summed E-state index contributed by atoms with van der Waals surface area (Å²) in [6.07, 6.45) is 0.701. The second-order valence-electron chi connectivity index (χ2n) is 5.03. The van der Waals surface area contributed by atoms with Crippen LogP contribution in [0.15, 0.2) is 28.7 Å². The summed E-state index contributed by atoms with van der Waals surface area (Å²) in [5, 5.41) is 0. The maximum absolute atomic E-state index is 12.6. The predicted molar refractivity (Wildman–Crippen MR) is 81.2 cm³/mol. The van der Waals surface area contributed by atoms with E-state index in [4.69, 9.17) is 5.73 Å². The molecule has 1 fully saturated rings. The van der Waals surface area contributed by atoms with Crippen LogP contribution in [0.25, 0.3) is 0 Å². The molecule has 1 aliphatic rings. The van der Waals surface area contributed by atoms with Crippen LogP contribution in [0.4, 0.5) is 5.69 Å². The van der Waals surface area contributed by atoms with E-state index in [2.05, 4.69) is 27.8 Å². The van der Waals surface area contributed by atoms with Crippen LogP contribution in [-0.4, -0.2) is 43.0 Å². The lowest BCUT2D eigenvalue weighted by Crippen LogP contribution is -2.60. The molecule has 104 valence electrons. The largest absolute Gasteiger partial charge is 0.330 e. The highest BCUT2D eigenvalue weighted by atomic mass is 79.9. The van der Waals surface area contributed by atoms with Crippen LogP contribution in [-0.2, 0) is 4.79 Å². The SMILES string of the molecule is CC1CN(c2ccc(Br)cc2)C(=O)C(CCN)N1C. The molecule has 1 aromatic carbocycles. The van der Waals surface area contributed by atoms with Crippen molar-refractivity contribution >= 4 is 27.5 Å². The van der Waals surface area contributed by atoms with E-state index in [1.807, 2.05) is 36.2 Å². The number of likely N-dealkylation sites (N-methyl/N-ethyl adjacent to an activating group) is 1. The summed E-state index contributed by atoms with van der Waals surface area (Å²) in [5.74, 6) is 0.147. The Balaban J connectivity index is 2.25. The van der Waals surface area contributed by atoms with E-state index in [0.29, 0.717) is 19.0 Å². The fourth-order valence-electron chi connectivity index (χ4n) is 2.48. The molecule has 19 heavy (non-hydrogen) atoms. The molecule has 4 nitrogen and oxygen atoms in total. The van der Waals surface area contributed by atoms with Crippen LogP contribution in [0.5, 0.6) is 0 Å². The Hall–Kier alpha value is -0.910. The van der Waals surface area contributed by atoms with Gasteiger partial charge >= 0.3 is 0 Å². The Morgan fingerprint density at radius 1 is 1.37 bits per heavy atom. The minimum Gasteiger partial charge on any atom is -0.330 e. The van der Waals surface area contributed by atoms with Gasteiger partial charge in [0.25, 0.3) is 0 Å². The van der Waals surface area contributed by atoms with Gasteiger partial charge in [0.05, 0.1) is 6.04 Å². The van der Waals surface area contributed by atoms with E-state index in [9.17, 15) is 4.79 Å². The maximum Gasteiger partial charge on any atom is 0.244 e. The maximum atomic E-state index is 12.6. The molecule has 0 radical (unpaired) electrons. The molecule has 1 amide bonds. The molecule has 2 unspecified atom stereocenters. The Bertz CT molecular complexity index is 449. The van der Waals surface area contributed by atoms with Crippen molar-refractivity contribution in [3.05, 3.63) is 28.7 Å². The lowest BCUT2D eigenvalue weighted by Gasteiger charge is -2.43. The third-order valence-corrected chi connectivity index (χ3v) is 4.29. The lowest BCUT2D eigenvalue weighted by molar-refractivity contribution is -0.126. The molecule has 0 aliphatic carbocycles. The second-order valence-corrected chi connectivity index (χ2v) is 5.95. The van der Waals surface area contributed by atoms with Gasteiger partial charge in [-0.3, -0.25) is 9.69 Å². The first-order valence-corrected chi connectivity index (χ1v) is 7.33. The molecule has 2 N–H and O–H groups in total. The van der Waals surface area contributed by atoms with Gasteiger partial charge in [-0.25, -0.2) is 0 Å². The summed E-state index contributed by atoms with van der Waals surface area (Å²) in [4.78, 5) is 16.6. The van der Waals surface area contributed by atoms with Crippen molar-refractivity contribution < 1.29 is 4.79 Å². The van der Waals surface area contributed by atoms with E-state index in [-0.39, 0.29) is 11.9 Å². The average Bonchev–Trinajstić information content (AvgIpc) is 2.40. The molecule has 0 saturated carbocycles. The topological polar surface area (TPSA) is 49.6 Å². The van der Waals surface area contributed by atoms with E-state index in [1.165, 1.54) is 0 Å². The molecule has 1 heterocycles. The van der Waals surface area contributed by atoms with E-state index in [0.717, 1.165) is 16.7 Å². The number of carbonyl (C=O) groups is 1. The van der Waals surface area contributed by atoms with Crippen molar-refractivity contribution in [2.75, 3.05) is 25.0 Å².